The maximum atomic E-state index is 13.2. The predicted molar refractivity (Wildman–Crippen MR) is 132 cm³/mol. The molecule has 4 rings (SSSR count). The van der Waals surface area contributed by atoms with Crippen molar-refractivity contribution in [2.45, 2.75) is 25.1 Å². The van der Waals surface area contributed by atoms with Gasteiger partial charge in [0.15, 0.2) is 0 Å². The molecule has 4 aromatic rings. The highest BCUT2D eigenvalue weighted by Gasteiger charge is 2.30. The van der Waals surface area contributed by atoms with E-state index in [0.29, 0.717) is 12.4 Å². The summed E-state index contributed by atoms with van der Waals surface area (Å²) in [4.78, 5) is 17.6. The minimum Gasteiger partial charge on any atom is -0.309 e. The number of carbonyl (C=O) groups excluding carboxylic acids is 1. The standard InChI is InChI=1S/C27H26F3N5O/c1-18(19-8-11-23(12-9-19)27(28,29)30)14-32-25(20-6-4-3-5-7-20)26(36)34-24-13-10-21(15-31-24)22-16-33-35(2)17-22/h3-13,15-18,25,32H,14H2,1-2H3,(H,31,34,36)/t18-,25?/m0/s1. The third-order valence-corrected chi connectivity index (χ3v) is 5.88. The molecule has 36 heavy (non-hydrogen) atoms. The number of rotatable bonds is 8. The molecule has 186 valence electrons. The van der Waals surface area contributed by atoms with Crippen molar-refractivity contribution in [1.82, 2.24) is 20.1 Å². The number of hydrogen-bond acceptors (Lipinski definition) is 4. The average Bonchev–Trinajstić information content (AvgIpc) is 3.31. The van der Waals surface area contributed by atoms with Gasteiger partial charge in [0.05, 0.1) is 11.8 Å². The van der Waals surface area contributed by atoms with E-state index in [9.17, 15) is 18.0 Å². The summed E-state index contributed by atoms with van der Waals surface area (Å²) < 4.78 is 40.3. The van der Waals surface area contributed by atoms with Crippen LogP contribution < -0.4 is 10.6 Å². The summed E-state index contributed by atoms with van der Waals surface area (Å²) in [7, 11) is 1.83. The van der Waals surface area contributed by atoms with Gasteiger partial charge in [0.25, 0.3) is 0 Å². The van der Waals surface area contributed by atoms with E-state index in [4.69, 9.17) is 0 Å². The molecule has 1 unspecified atom stereocenters. The number of hydrogen-bond donors (Lipinski definition) is 2. The zero-order valence-electron chi connectivity index (χ0n) is 19.8. The molecule has 0 aliphatic carbocycles. The fourth-order valence-electron chi connectivity index (χ4n) is 3.83. The van der Waals surface area contributed by atoms with E-state index >= 15 is 0 Å². The monoisotopic (exact) mass is 493 g/mol. The van der Waals surface area contributed by atoms with Gasteiger partial charge < -0.3 is 10.6 Å². The fraction of sp³-hybridized carbons (Fsp3) is 0.222. The summed E-state index contributed by atoms with van der Waals surface area (Å²) in [6, 6.07) is 17.3. The minimum atomic E-state index is -4.37. The molecule has 0 saturated carbocycles. The number of alkyl halides is 3. The number of nitrogens with zero attached hydrogens (tertiary/aromatic N) is 3. The first-order valence-electron chi connectivity index (χ1n) is 11.4. The van der Waals surface area contributed by atoms with Gasteiger partial charge in [-0.25, -0.2) is 4.98 Å². The second-order valence-corrected chi connectivity index (χ2v) is 8.60. The molecule has 0 spiro atoms. The van der Waals surface area contributed by atoms with Crippen molar-refractivity contribution in [2.24, 2.45) is 7.05 Å². The SMILES string of the molecule is C[C@@H](CNC(C(=O)Nc1ccc(-c2cnn(C)c2)cn1)c1ccccc1)c1ccc(C(F)(F)F)cc1. The molecule has 0 aliphatic heterocycles. The van der Waals surface area contributed by atoms with Gasteiger partial charge in [-0.3, -0.25) is 9.48 Å². The largest absolute Gasteiger partial charge is 0.416 e. The van der Waals surface area contributed by atoms with Crippen LogP contribution in [-0.2, 0) is 18.0 Å². The average molecular weight is 494 g/mol. The Bertz CT molecular complexity index is 1290. The van der Waals surface area contributed by atoms with Gasteiger partial charge in [-0.1, -0.05) is 49.4 Å². The number of aromatic nitrogens is 3. The summed E-state index contributed by atoms with van der Waals surface area (Å²) >= 11 is 0. The molecule has 1 amide bonds. The van der Waals surface area contributed by atoms with Crippen molar-refractivity contribution >= 4 is 11.7 Å². The topological polar surface area (TPSA) is 71.8 Å². The third kappa shape index (κ3) is 6.17. The zero-order valence-corrected chi connectivity index (χ0v) is 19.8. The molecule has 2 heterocycles. The number of nitrogens with one attached hydrogen (secondary N) is 2. The number of amides is 1. The van der Waals surface area contributed by atoms with Crippen molar-refractivity contribution in [1.29, 1.82) is 0 Å². The van der Waals surface area contributed by atoms with E-state index in [1.54, 1.807) is 23.1 Å². The van der Waals surface area contributed by atoms with Gasteiger partial charge in [-0.15, -0.1) is 0 Å². The van der Waals surface area contributed by atoms with Gasteiger partial charge in [0.1, 0.15) is 11.9 Å². The van der Waals surface area contributed by atoms with Crippen LogP contribution in [0.25, 0.3) is 11.1 Å². The second kappa shape index (κ2) is 10.7. The first kappa shape index (κ1) is 25.1. The molecule has 0 radical (unpaired) electrons. The van der Waals surface area contributed by atoms with Crippen LogP contribution in [0.1, 0.15) is 35.6 Å². The molecule has 0 bridgehead atoms. The Hall–Kier alpha value is -3.98. The number of benzene rings is 2. The van der Waals surface area contributed by atoms with Crippen LogP contribution in [0.3, 0.4) is 0 Å². The Kier molecular flexibility index (Phi) is 7.49. The fourth-order valence-corrected chi connectivity index (χ4v) is 3.83. The second-order valence-electron chi connectivity index (χ2n) is 8.60. The Morgan fingerprint density at radius 2 is 1.67 bits per heavy atom. The predicted octanol–water partition coefficient (Wildman–Crippen LogP) is 5.57. The molecule has 0 saturated heterocycles. The highest BCUT2D eigenvalue weighted by atomic mass is 19.4. The summed E-state index contributed by atoms with van der Waals surface area (Å²) in [5.41, 5.74) is 2.63. The lowest BCUT2D eigenvalue weighted by atomic mass is 9.98. The van der Waals surface area contributed by atoms with E-state index in [-0.39, 0.29) is 11.8 Å². The summed E-state index contributed by atoms with van der Waals surface area (Å²) in [5.74, 6) is -0.00297. The van der Waals surface area contributed by atoms with E-state index < -0.39 is 17.8 Å². The maximum absolute atomic E-state index is 13.2. The van der Waals surface area contributed by atoms with E-state index in [1.807, 2.05) is 56.6 Å². The molecule has 2 N–H and O–H groups in total. The van der Waals surface area contributed by atoms with Crippen LogP contribution in [0.4, 0.5) is 19.0 Å². The van der Waals surface area contributed by atoms with E-state index in [0.717, 1.165) is 34.4 Å². The molecule has 2 aromatic heterocycles. The number of carbonyl (C=O) groups is 1. The van der Waals surface area contributed by atoms with Gasteiger partial charge in [0, 0.05) is 37.1 Å². The van der Waals surface area contributed by atoms with Crippen LogP contribution in [0.2, 0.25) is 0 Å². The molecular formula is C27H26F3N5O. The first-order chi connectivity index (χ1) is 17.2. The van der Waals surface area contributed by atoms with E-state index in [2.05, 4.69) is 20.7 Å². The molecule has 2 aromatic carbocycles. The highest BCUT2D eigenvalue weighted by molar-refractivity contribution is 5.95. The number of pyridine rings is 1. The molecule has 0 aliphatic rings. The van der Waals surface area contributed by atoms with Crippen molar-refractivity contribution < 1.29 is 18.0 Å². The molecule has 9 heteroatoms. The molecule has 2 atom stereocenters. The minimum absolute atomic E-state index is 0.122. The Morgan fingerprint density at radius 3 is 2.25 bits per heavy atom. The van der Waals surface area contributed by atoms with Crippen molar-refractivity contribution in [3.8, 4) is 11.1 Å². The zero-order chi connectivity index (χ0) is 25.7. The first-order valence-corrected chi connectivity index (χ1v) is 11.4. The Labute approximate surface area is 207 Å². The van der Waals surface area contributed by atoms with Crippen LogP contribution in [0.15, 0.2) is 85.3 Å². The normalized spacial score (nSPS) is 13.2. The maximum Gasteiger partial charge on any atom is 0.416 e. The van der Waals surface area contributed by atoms with Crippen LogP contribution in [-0.4, -0.2) is 27.2 Å². The lowest BCUT2D eigenvalue weighted by Crippen LogP contribution is -2.35. The van der Waals surface area contributed by atoms with Crippen LogP contribution in [0, 0.1) is 0 Å². The van der Waals surface area contributed by atoms with Crippen molar-refractivity contribution in [2.75, 3.05) is 11.9 Å². The van der Waals surface area contributed by atoms with Crippen molar-refractivity contribution in [3.63, 3.8) is 0 Å². The number of anilines is 1. The number of halogens is 3. The lowest BCUT2D eigenvalue weighted by molar-refractivity contribution is -0.137. The summed E-state index contributed by atoms with van der Waals surface area (Å²) in [6.07, 6.45) is 0.913. The van der Waals surface area contributed by atoms with E-state index in [1.165, 1.54) is 12.1 Å². The molecule has 0 fully saturated rings. The number of aryl methyl sites for hydroxylation is 1. The van der Waals surface area contributed by atoms with Gasteiger partial charge >= 0.3 is 6.18 Å². The van der Waals surface area contributed by atoms with Crippen LogP contribution >= 0.6 is 0 Å². The third-order valence-electron chi connectivity index (χ3n) is 5.88. The molecular weight excluding hydrogens is 467 g/mol. The van der Waals surface area contributed by atoms with Gasteiger partial charge in [-0.05, 0) is 41.3 Å². The van der Waals surface area contributed by atoms with Gasteiger partial charge in [-0.2, -0.15) is 18.3 Å². The van der Waals surface area contributed by atoms with Gasteiger partial charge in [0.2, 0.25) is 5.91 Å². The summed E-state index contributed by atoms with van der Waals surface area (Å²) in [6.45, 7) is 2.28. The Morgan fingerprint density at radius 1 is 0.944 bits per heavy atom. The highest BCUT2D eigenvalue weighted by Crippen LogP contribution is 2.30. The van der Waals surface area contributed by atoms with Crippen LogP contribution in [0.5, 0.6) is 0 Å². The quantitative estimate of drug-likeness (QED) is 0.337. The van der Waals surface area contributed by atoms with Crippen molar-refractivity contribution in [3.05, 3.63) is 102 Å². The summed E-state index contributed by atoms with van der Waals surface area (Å²) in [5, 5.41) is 10.3. The smallest absolute Gasteiger partial charge is 0.309 e. The lowest BCUT2D eigenvalue weighted by Gasteiger charge is -2.21. The molecule has 6 nitrogen and oxygen atoms in total. The Balaban J connectivity index is 1.45.